The highest BCUT2D eigenvalue weighted by molar-refractivity contribution is 6.74. The number of hydrogen-bond acceptors (Lipinski definition) is 2. The largest absolute Gasteiger partial charge is 0.412 e. The maximum Gasteiger partial charge on any atom is 0.275 e. The van der Waals surface area contributed by atoms with E-state index in [9.17, 15) is 4.79 Å². The van der Waals surface area contributed by atoms with E-state index in [4.69, 9.17) is 4.43 Å². The summed E-state index contributed by atoms with van der Waals surface area (Å²) in [6.45, 7) is 12.0. The molecule has 5 heteroatoms. The molecule has 0 spiro atoms. The van der Waals surface area contributed by atoms with E-state index in [0.29, 0.717) is 6.54 Å². The zero-order valence-electron chi connectivity index (χ0n) is 13.5. The minimum Gasteiger partial charge on any atom is -0.412 e. The summed E-state index contributed by atoms with van der Waals surface area (Å²) >= 11 is 0. The van der Waals surface area contributed by atoms with Gasteiger partial charge in [0, 0.05) is 24.5 Å². The second kappa shape index (κ2) is 4.58. The molecule has 0 amide bonds. The number of rotatable bonds is 2. The summed E-state index contributed by atoms with van der Waals surface area (Å²) in [4.78, 5) is 12.5. The third-order valence-electron chi connectivity index (χ3n) is 4.97. The zero-order valence-corrected chi connectivity index (χ0v) is 14.5. The van der Waals surface area contributed by atoms with Crippen molar-refractivity contribution >= 4 is 13.8 Å². The van der Waals surface area contributed by atoms with Crippen LogP contribution < -0.4 is 5.56 Å². The Kier molecular flexibility index (Phi) is 3.18. The predicted octanol–water partition coefficient (Wildman–Crippen LogP) is 3.05. The molecule has 0 bridgehead atoms. The first-order chi connectivity index (χ1) is 9.69. The standard InChI is InChI=1S/C16H24N2O2Si/c1-16(2,3)21(4,5)20-13-9-12-10-17-8-6-7-14(17)15(19)18(12)11-13/h6-8,10,13H,9,11H2,1-5H3/t13-/m1/s1. The van der Waals surface area contributed by atoms with E-state index in [2.05, 4.69) is 40.1 Å². The Balaban J connectivity index is 1.89. The topological polar surface area (TPSA) is 35.6 Å². The van der Waals surface area contributed by atoms with E-state index in [1.54, 1.807) is 0 Å². The third kappa shape index (κ3) is 2.38. The van der Waals surface area contributed by atoms with Gasteiger partial charge in [-0.25, -0.2) is 0 Å². The first kappa shape index (κ1) is 14.6. The fourth-order valence-electron chi connectivity index (χ4n) is 2.72. The number of aromatic nitrogens is 2. The molecule has 4 nitrogen and oxygen atoms in total. The van der Waals surface area contributed by atoms with Crippen molar-refractivity contribution in [3.63, 3.8) is 0 Å². The Morgan fingerprint density at radius 1 is 1.33 bits per heavy atom. The molecule has 2 aromatic rings. The molecule has 0 radical (unpaired) electrons. The van der Waals surface area contributed by atoms with E-state index < -0.39 is 8.32 Å². The van der Waals surface area contributed by atoms with Gasteiger partial charge in [-0.1, -0.05) is 20.8 Å². The second-order valence-electron chi connectivity index (χ2n) is 7.54. The van der Waals surface area contributed by atoms with Crippen LogP contribution in [0.1, 0.15) is 26.5 Å². The molecule has 3 rings (SSSR count). The van der Waals surface area contributed by atoms with Gasteiger partial charge in [-0.15, -0.1) is 0 Å². The van der Waals surface area contributed by atoms with Crippen molar-refractivity contribution in [1.29, 1.82) is 0 Å². The molecule has 0 fully saturated rings. The SMILES string of the molecule is CC(C)(C)[Si](C)(C)O[C@@H]1Cc2cn3cccc3c(=O)n2C1. The Hall–Kier alpha value is -1.33. The van der Waals surface area contributed by atoms with Gasteiger partial charge in [-0.2, -0.15) is 0 Å². The van der Waals surface area contributed by atoms with Gasteiger partial charge in [0.25, 0.3) is 5.56 Å². The van der Waals surface area contributed by atoms with Crippen LogP contribution in [0.5, 0.6) is 0 Å². The zero-order chi connectivity index (χ0) is 15.4. The summed E-state index contributed by atoms with van der Waals surface area (Å²) in [6.07, 6.45) is 4.95. The number of hydrogen-bond donors (Lipinski definition) is 0. The number of nitrogens with zero attached hydrogens (tertiary/aromatic N) is 2. The summed E-state index contributed by atoms with van der Waals surface area (Å²) in [5, 5.41) is 0.194. The Morgan fingerprint density at radius 3 is 2.71 bits per heavy atom. The molecule has 0 unspecified atom stereocenters. The minimum absolute atomic E-state index is 0.0961. The molecular weight excluding hydrogens is 280 g/mol. The lowest BCUT2D eigenvalue weighted by atomic mass is 10.2. The van der Waals surface area contributed by atoms with E-state index in [0.717, 1.165) is 17.6 Å². The highest BCUT2D eigenvalue weighted by Crippen LogP contribution is 2.38. The Bertz CT molecular complexity index is 737. The molecule has 21 heavy (non-hydrogen) atoms. The van der Waals surface area contributed by atoms with Crippen LogP contribution >= 0.6 is 0 Å². The summed E-state index contributed by atoms with van der Waals surface area (Å²) in [5.74, 6) is 0. The third-order valence-corrected chi connectivity index (χ3v) is 9.50. The first-order valence-electron chi connectivity index (χ1n) is 7.56. The lowest BCUT2D eigenvalue weighted by Gasteiger charge is -2.38. The molecule has 0 aromatic carbocycles. The monoisotopic (exact) mass is 304 g/mol. The molecular formula is C16H24N2O2Si. The highest BCUT2D eigenvalue weighted by Gasteiger charge is 2.40. The molecule has 1 aliphatic rings. The van der Waals surface area contributed by atoms with Crippen LogP contribution in [0.4, 0.5) is 0 Å². The lowest BCUT2D eigenvalue weighted by Crippen LogP contribution is -2.44. The van der Waals surface area contributed by atoms with E-state index >= 15 is 0 Å². The van der Waals surface area contributed by atoms with Crippen LogP contribution in [0.3, 0.4) is 0 Å². The highest BCUT2D eigenvalue weighted by atomic mass is 28.4. The van der Waals surface area contributed by atoms with E-state index in [1.807, 2.05) is 27.3 Å². The molecule has 114 valence electrons. The van der Waals surface area contributed by atoms with Gasteiger partial charge >= 0.3 is 0 Å². The van der Waals surface area contributed by atoms with Crippen LogP contribution in [0.15, 0.2) is 29.3 Å². The Labute approximate surface area is 126 Å². The van der Waals surface area contributed by atoms with Gasteiger partial charge in [0.2, 0.25) is 0 Å². The molecule has 2 aromatic heterocycles. The van der Waals surface area contributed by atoms with Gasteiger partial charge in [-0.05, 0) is 30.3 Å². The molecule has 0 N–H and O–H groups in total. The Morgan fingerprint density at radius 2 is 2.05 bits per heavy atom. The summed E-state index contributed by atoms with van der Waals surface area (Å²) in [5.41, 5.74) is 1.91. The van der Waals surface area contributed by atoms with Gasteiger partial charge in [-0.3, -0.25) is 4.79 Å². The maximum absolute atomic E-state index is 12.5. The molecule has 1 aliphatic heterocycles. The number of fused-ring (bicyclic) bond motifs is 2. The second-order valence-corrected chi connectivity index (χ2v) is 12.3. The minimum atomic E-state index is -1.79. The van der Waals surface area contributed by atoms with Gasteiger partial charge in [0.15, 0.2) is 8.32 Å². The van der Waals surface area contributed by atoms with E-state index in [-0.39, 0.29) is 16.7 Å². The summed E-state index contributed by atoms with van der Waals surface area (Å²) in [6, 6.07) is 3.79. The van der Waals surface area contributed by atoms with Crippen LogP contribution in [-0.2, 0) is 17.4 Å². The van der Waals surface area contributed by atoms with Crippen molar-refractivity contribution in [2.24, 2.45) is 0 Å². The van der Waals surface area contributed by atoms with Gasteiger partial charge in [0.1, 0.15) is 5.52 Å². The van der Waals surface area contributed by atoms with Crippen molar-refractivity contribution in [1.82, 2.24) is 8.97 Å². The van der Waals surface area contributed by atoms with Crippen molar-refractivity contribution in [2.45, 2.75) is 58.0 Å². The van der Waals surface area contributed by atoms with Crippen LogP contribution in [0.25, 0.3) is 5.52 Å². The van der Waals surface area contributed by atoms with Crippen molar-refractivity contribution in [3.8, 4) is 0 Å². The van der Waals surface area contributed by atoms with Crippen molar-refractivity contribution in [2.75, 3.05) is 0 Å². The van der Waals surface area contributed by atoms with Crippen molar-refractivity contribution in [3.05, 3.63) is 40.6 Å². The van der Waals surface area contributed by atoms with Crippen LogP contribution in [-0.4, -0.2) is 23.4 Å². The normalized spacial score (nSPS) is 19.2. The quantitative estimate of drug-likeness (QED) is 0.799. The molecule has 1 atom stereocenters. The molecule has 0 saturated carbocycles. The molecule has 3 heterocycles. The van der Waals surface area contributed by atoms with Gasteiger partial charge < -0.3 is 13.4 Å². The maximum atomic E-state index is 12.5. The molecule has 0 aliphatic carbocycles. The van der Waals surface area contributed by atoms with E-state index in [1.165, 1.54) is 0 Å². The average Bonchev–Trinajstić information content (AvgIpc) is 2.93. The fourth-order valence-corrected chi connectivity index (χ4v) is 4.07. The fraction of sp³-hybridized carbons (Fsp3) is 0.562. The van der Waals surface area contributed by atoms with Gasteiger partial charge in [0.05, 0.1) is 12.6 Å². The first-order valence-corrected chi connectivity index (χ1v) is 10.5. The van der Waals surface area contributed by atoms with Crippen LogP contribution in [0, 0.1) is 0 Å². The average molecular weight is 304 g/mol. The van der Waals surface area contributed by atoms with Crippen molar-refractivity contribution < 1.29 is 4.43 Å². The van der Waals surface area contributed by atoms with Crippen LogP contribution in [0.2, 0.25) is 18.1 Å². The smallest absolute Gasteiger partial charge is 0.275 e. The lowest BCUT2D eigenvalue weighted by molar-refractivity contribution is 0.181. The summed E-state index contributed by atoms with van der Waals surface area (Å²) in [7, 11) is -1.79. The predicted molar refractivity (Wildman–Crippen MR) is 87.4 cm³/mol. The summed E-state index contributed by atoms with van der Waals surface area (Å²) < 4.78 is 10.3. The molecule has 0 saturated heterocycles.